The van der Waals surface area contributed by atoms with E-state index in [1.54, 1.807) is 19.2 Å². The Balaban J connectivity index is 1.54. The fourth-order valence-electron chi connectivity index (χ4n) is 3.36. The SMILES string of the molecule is COCCCNc1ccc(C(=O)N2CCN(c3cccc(C)c3C)CC2)nn1. The molecule has 0 bridgehead atoms. The van der Waals surface area contributed by atoms with Crippen LogP contribution >= 0.6 is 0 Å². The minimum atomic E-state index is -0.0564. The number of benzene rings is 1. The van der Waals surface area contributed by atoms with Gasteiger partial charge in [0.2, 0.25) is 0 Å². The van der Waals surface area contributed by atoms with Gasteiger partial charge in [-0.25, -0.2) is 0 Å². The molecule has 3 rings (SSSR count). The van der Waals surface area contributed by atoms with Gasteiger partial charge in [0.05, 0.1) is 0 Å². The summed E-state index contributed by atoms with van der Waals surface area (Å²) in [4.78, 5) is 17.0. The average molecular weight is 383 g/mol. The molecule has 0 saturated carbocycles. The lowest BCUT2D eigenvalue weighted by Gasteiger charge is -2.36. The lowest BCUT2D eigenvalue weighted by Crippen LogP contribution is -2.49. The van der Waals surface area contributed by atoms with Gasteiger partial charge in [-0.3, -0.25) is 4.79 Å². The summed E-state index contributed by atoms with van der Waals surface area (Å²) >= 11 is 0. The van der Waals surface area contributed by atoms with Gasteiger partial charge >= 0.3 is 0 Å². The van der Waals surface area contributed by atoms with Crippen LogP contribution in [0.3, 0.4) is 0 Å². The predicted octanol–water partition coefficient (Wildman–Crippen LogP) is 2.50. The molecule has 1 saturated heterocycles. The summed E-state index contributed by atoms with van der Waals surface area (Å²) in [5.41, 5.74) is 4.25. The average Bonchev–Trinajstić information content (AvgIpc) is 2.73. The molecule has 1 N–H and O–H groups in total. The van der Waals surface area contributed by atoms with Crippen molar-refractivity contribution < 1.29 is 9.53 Å². The van der Waals surface area contributed by atoms with Crippen LogP contribution in [0, 0.1) is 13.8 Å². The topological polar surface area (TPSA) is 70.6 Å². The summed E-state index contributed by atoms with van der Waals surface area (Å²) in [7, 11) is 1.68. The zero-order valence-electron chi connectivity index (χ0n) is 16.9. The summed E-state index contributed by atoms with van der Waals surface area (Å²) < 4.78 is 5.02. The van der Waals surface area contributed by atoms with Gasteiger partial charge in [0.25, 0.3) is 5.91 Å². The molecule has 1 aliphatic heterocycles. The molecule has 0 radical (unpaired) electrons. The van der Waals surface area contributed by atoms with Gasteiger partial charge in [-0.1, -0.05) is 12.1 Å². The maximum absolute atomic E-state index is 12.7. The fourth-order valence-corrected chi connectivity index (χ4v) is 3.36. The molecule has 1 aliphatic rings. The molecular formula is C21H29N5O2. The number of rotatable bonds is 7. The highest BCUT2D eigenvalue weighted by molar-refractivity contribution is 5.92. The molecule has 7 nitrogen and oxygen atoms in total. The van der Waals surface area contributed by atoms with Crippen molar-refractivity contribution in [3.05, 3.63) is 47.2 Å². The largest absolute Gasteiger partial charge is 0.385 e. The Bertz CT molecular complexity index is 786. The van der Waals surface area contributed by atoms with Gasteiger partial charge in [0, 0.05) is 52.1 Å². The third-order valence-electron chi connectivity index (χ3n) is 5.20. The molecule has 28 heavy (non-hydrogen) atoms. The van der Waals surface area contributed by atoms with Gasteiger partial charge in [-0.05, 0) is 49.6 Å². The highest BCUT2D eigenvalue weighted by Crippen LogP contribution is 2.24. The van der Waals surface area contributed by atoms with Crippen molar-refractivity contribution in [3.63, 3.8) is 0 Å². The Morgan fingerprint density at radius 2 is 1.89 bits per heavy atom. The lowest BCUT2D eigenvalue weighted by molar-refractivity contribution is 0.0739. The molecule has 150 valence electrons. The van der Waals surface area contributed by atoms with Crippen molar-refractivity contribution in [2.24, 2.45) is 0 Å². The van der Waals surface area contributed by atoms with E-state index in [1.807, 2.05) is 4.90 Å². The van der Waals surface area contributed by atoms with E-state index in [-0.39, 0.29) is 5.91 Å². The number of aromatic nitrogens is 2. The minimum Gasteiger partial charge on any atom is -0.385 e. The molecule has 0 aliphatic carbocycles. The summed E-state index contributed by atoms with van der Waals surface area (Å²) in [5, 5.41) is 11.4. The maximum Gasteiger partial charge on any atom is 0.274 e. The third kappa shape index (κ3) is 4.78. The predicted molar refractivity (Wildman–Crippen MR) is 111 cm³/mol. The van der Waals surface area contributed by atoms with Gasteiger partial charge in [0.15, 0.2) is 5.69 Å². The van der Waals surface area contributed by atoms with Crippen LogP contribution in [0.1, 0.15) is 28.0 Å². The van der Waals surface area contributed by atoms with Crippen LogP contribution in [0.25, 0.3) is 0 Å². The zero-order valence-corrected chi connectivity index (χ0v) is 16.9. The van der Waals surface area contributed by atoms with E-state index in [2.05, 4.69) is 52.5 Å². The third-order valence-corrected chi connectivity index (χ3v) is 5.20. The highest BCUT2D eigenvalue weighted by Gasteiger charge is 2.24. The first kappa shape index (κ1) is 20.1. The fraction of sp³-hybridized carbons (Fsp3) is 0.476. The standard InChI is InChI=1S/C21H29N5O2/c1-16-6-4-7-19(17(16)2)25-11-13-26(14-12-25)21(27)18-8-9-20(24-23-18)22-10-5-15-28-3/h4,6-9H,5,10-15H2,1-3H3,(H,22,24). The van der Waals surface area contributed by atoms with E-state index in [0.717, 1.165) is 26.1 Å². The van der Waals surface area contributed by atoms with Gasteiger partial charge in [0.1, 0.15) is 5.82 Å². The number of methoxy groups -OCH3 is 1. The maximum atomic E-state index is 12.7. The van der Waals surface area contributed by atoms with Crippen molar-refractivity contribution in [1.82, 2.24) is 15.1 Å². The molecule has 1 aromatic heterocycles. The van der Waals surface area contributed by atoms with E-state index in [1.165, 1.54) is 16.8 Å². The second-order valence-electron chi connectivity index (χ2n) is 7.08. The number of piperazine rings is 1. The van der Waals surface area contributed by atoms with Crippen LogP contribution in [0.15, 0.2) is 30.3 Å². The second-order valence-corrected chi connectivity index (χ2v) is 7.08. The molecule has 0 atom stereocenters. The molecule has 2 aromatic rings. The first-order valence-electron chi connectivity index (χ1n) is 9.77. The van der Waals surface area contributed by atoms with Gasteiger partial charge in [-0.2, -0.15) is 0 Å². The van der Waals surface area contributed by atoms with Crippen molar-refractivity contribution in [2.75, 3.05) is 56.7 Å². The Morgan fingerprint density at radius 3 is 2.57 bits per heavy atom. The monoisotopic (exact) mass is 383 g/mol. The van der Waals surface area contributed by atoms with E-state index < -0.39 is 0 Å². The van der Waals surface area contributed by atoms with E-state index >= 15 is 0 Å². The summed E-state index contributed by atoms with van der Waals surface area (Å²) in [6.45, 7) is 8.76. The van der Waals surface area contributed by atoms with E-state index in [0.29, 0.717) is 31.2 Å². The Kier molecular flexibility index (Phi) is 6.81. The lowest BCUT2D eigenvalue weighted by atomic mass is 10.1. The highest BCUT2D eigenvalue weighted by atomic mass is 16.5. The molecular weight excluding hydrogens is 354 g/mol. The second kappa shape index (κ2) is 9.50. The number of hydrogen-bond acceptors (Lipinski definition) is 6. The summed E-state index contributed by atoms with van der Waals surface area (Å²) in [6.07, 6.45) is 0.892. The first-order chi connectivity index (χ1) is 13.6. The number of ether oxygens (including phenoxy) is 1. The van der Waals surface area contributed by atoms with Gasteiger partial charge < -0.3 is 19.9 Å². The number of hydrogen-bond donors (Lipinski definition) is 1. The number of nitrogens with zero attached hydrogens (tertiary/aromatic N) is 4. The normalized spacial score (nSPS) is 14.2. The van der Waals surface area contributed by atoms with Crippen molar-refractivity contribution in [2.45, 2.75) is 20.3 Å². The quantitative estimate of drug-likeness (QED) is 0.741. The van der Waals surface area contributed by atoms with E-state index in [4.69, 9.17) is 4.74 Å². The van der Waals surface area contributed by atoms with Crippen LogP contribution in [0.2, 0.25) is 0 Å². The van der Waals surface area contributed by atoms with Gasteiger partial charge in [-0.15, -0.1) is 10.2 Å². The van der Waals surface area contributed by atoms with Crippen LogP contribution < -0.4 is 10.2 Å². The van der Waals surface area contributed by atoms with Crippen molar-refractivity contribution >= 4 is 17.4 Å². The Morgan fingerprint density at radius 1 is 1.11 bits per heavy atom. The van der Waals surface area contributed by atoms with Crippen LogP contribution in [0.4, 0.5) is 11.5 Å². The number of aryl methyl sites for hydroxylation is 1. The number of carbonyl (C=O) groups excluding carboxylic acids is 1. The number of anilines is 2. The number of amides is 1. The zero-order chi connectivity index (χ0) is 19.9. The molecule has 0 unspecified atom stereocenters. The summed E-state index contributed by atoms with van der Waals surface area (Å²) in [6, 6.07) is 9.93. The van der Waals surface area contributed by atoms with Crippen LogP contribution in [0.5, 0.6) is 0 Å². The Labute approximate surface area is 166 Å². The molecule has 7 heteroatoms. The van der Waals surface area contributed by atoms with Crippen molar-refractivity contribution in [1.29, 1.82) is 0 Å². The molecule has 1 fully saturated rings. The smallest absolute Gasteiger partial charge is 0.274 e. The van der Waals surface area contributed by atoms with Crippen molar-refractivity contribution in [3.8, 4) is 0 Å². The van der Waals surface area contributed by atoms with E-state index in [9.17, 15) is 4.79 Å². The molecule has 1 aromatic carbocycles. The van der Waals surface area contributed by atoms with Crippen LogP contribution in [-0.2, 0) is 4.74 Å². The number of nitrogens with one attached hydrogen (secondary N) is 1. The molecule has 1 amide bonds. The Hall–Kier alpha value is -2.67. The summed E-state index contributed by atoms with van der Waals surface area (Å²) in [5.74, 6) is 0.617. The minimum absolute atomic E-state index is 0.0564. The molecule has 2 heterocycles. The number of carbonyl (C=O) groups is 1. The molecule has 0 spiro atoms. The first-order valence-corrected chi connectivity index (χ1v) is 9.77. The van der Waals surface area contributed by atoms with Crippen LogP contribution in [-0.4, -0.2) is 67.4 Å².